The van der Waals surface area contributed by atoms with Crippen LogP contribution in [0.2, 0.25) is 5.02 Å². The predicted octanol–water partition coefficient (Wildman–Crippen LogP) is 2.85. The van der Waals surface area contributed by atoms with Crippen LogP contribution in [0.3, 0.4) is 0 Å². The van der Waals surface area contributed by atoms with Gasteiger partial charge in [0.15, 0.2) is 11.5 Å². The number of fused-ring (bicyclic) bond motifs is 1. The zero-order chi connectivity index (χ0) is 22.8. The molecule has 0 aliphatic carbocycles. The molecule has 0 radical (unpaired) electrons. The molecule has 1 aromatic carbocycles. The maximum atomic E-state index is 12.1. The summed E-state index contributed by atoms with van der Waals surface area (Å²) in [7, 11) is 1.29. The number of carbonyl (C=O) groups excluding carboxylic acids is 2. The molecule has 2 heterocycles. The zero-order valence-electron chi connectivity index (χ0n) is 17.7. The first-order valence-corrected chi connectivity index (χ1v) is 10.0. The topological polar surface area (TPSA) is 134 Å². The minimum atomic E-state index is -0.473. The highest BCUT2D eigenvalue weighted by Gasteiger charge is 2.25. The molecule has 0 saturated heterocycles. The van der Waals surface area contributed by atoms with Gasteiger partial charge in [-0.1, -0.05) is 38.4 Å². The van der Waals surface area contributed by atoms with E-state index in [2.05, 4.69) is 30.6 Å². The lowest BCUT2D eigenvalue weighted by Crippen LogP contribution is -2.30. The number of aromatic amines is 1. The van der Waals surface area contributed by atoms with Crippen LogP contribution in [0.25, 0.3) is 17.0 Å². The maximum absolute atomic E-state index is 12.1. The van der Waals surface area contributed by atoms with Crippen molar-refractivity contribution >= 4 is 34.9 Å². The number of anilines is 1. The Bertz CT molecular complexity index is 1120. The van der Waals surface area contributed by atoms with Crippen molar-refractivity contribution in [1.29, 1.82) is 0 Å². The van der Waals surface area contributed by atoms with E-state index in [9.17, 15) is 14.7 Å². The van der Waals surface area contributed by atoms with Gasteiger partial charge in [-0.05, 0) is 17.7 Å². The molecule has 0 spiro atoms. The van der Waals surface area contributed by atoms with Gasteiger partial charge in [-0.2, -0.15) is 5.10 Å². The smallest absolute Gasteiger partial charge is 0.319 e. The minimum absolute atomic E-state index is 0.0716. The molecular weight excluding hydrogens is 424 g/mol. The number of urea groups is 1. The summed E-state index contributed by atoms with van der Waals surface area (Å²) in [6.07, 6.45) is 0.0716. The molecule has 0 saturated carbocycles. The number of aliphatic hydroxyl groups excluding tert-OH is 1. The fraction of sp³-hybridized carbons (Fsp3) is 0.400. The van der Waals surface area contributed by atoms with Gasteiger partial charge in [-0.15, -0.1) is 9.73 Å². The van der Waals surface area contributed by atoms with Crippen molar-refractivity contribution in [2.75, 3.05) is 19.0 Å². The van der Waals surface area contributed by atoms with Crippen molar-refractivity contribution in [2.45, 2.75) is 39.2 Å². The molecule has 31 heavy (non-hydrogen) atoms. The molecule has 0 fully saturated rings. The Balaban J connectivity index is 1.84. The highest BCUT2D eigenvalue weighted by Crippen LogP contribution is 2.32. The van der Waals surface area contributed by atoms with Crippen molar-refractivity contribution in [3.8, 4) is 11.4 Å². The summed E-state index contributed by atoms with van der Waals surface area (Å²) in [6, 6.07) is 4.56. The average molecular weight is 449 g/mol. The van der Waals surface area contributed by atoms with E-state index in [1.54, 1.807) is 18.2 Å². The summed E-state index contributed by atoms with van der Waals surface area (Å²) in [5.74, 6) is 0.0367. The van der Waals surface area contributed by atoms with Crippen molar-refractivity contribution in [2.24, 2.45) is 0 Å². The summed E-state index contributed by atoms with van der Waals surface area (Å²) in [5, 5.41) is 24.4. The Morgan fingerprint density at radius 1 is 1.29 bits per heavy atom. The molecule has 0 aliphatic heterocycles. The normalized spacial score (nSPS) is 11.5. The number of rotatable bonds is 6. The average Bonchev–Trinajstić information content (AvgIpc) is 3.27. The van der Waals surface area contributed by atoms with Crippen molar-refractivity contribution in [1.82, 2.24) is 25.1 Å². The number of benzene rings is 1. The lowest BCUT2D eigenvalue weighted by molar-refractivity contribution is -0.140. The van der Waals surface area contributed by atoms with Crippen LogP contribution in [0, 0.1) is 0 Å². The van der Waals surface area contributed by atoms with Gasteiger partial charge in [-0.3, -0.25) is 4.79 Å². The number of hydrogen-bond acceptors (Lipinski definition) is 6. The fourth-order valence-corrected chi connectivity index (χ4v) is 3.41. The lowest BCUT2D eigenvalue weighted by Gasteiger charge is -2.14. The van der Waals surface area contributed by atoms with E-state index < -0.39 is 12.0 Å². The van der Waals surface area contributed by atoms with E-state index in [1.807, 2.05) is 20.8 Å². The Labute approximate surface area is 183 Å². The molecule has 0 atom stereocenters. The SMILES string of the molecule is COC(=O)CCNC(=O)Nc1ccc(CO)c(-c2nn3nc(C(C)(C)C)c(Cl)c3[nH]2)c1. The standard InChI is InChI=1S/C20H25ClN6O4/c1-20(2,3)16-15(21)18-24-17(26-27(18)25-16)13-9-12(6-5-11(13)10-28)23-19(30)22-8-7-14(29)31-4/h5-6,9,28H,7-8,10H2,1-4H3,(H,24,26)(H2,22,23,30). The van der Waals surface area contributed by atoms with Crippen LogP contribution in [0.5, 0.6) is 0 Å². The second-order valence-electron chi connectivity index (χ2n) is 7.96. The summed E-state index contributed by atoms with van der Waals surface area (Å²) in [6.45, 7) is 5.96. The molecule has 3 rings (SSSR count). The molecular formula is C20H25ClN6O4. The van der Waals surface area contributed by atoms with Crippen LogP contribution >= 0.6 is 11.6 Å². The summed E-state index contributed by atoms with van der Waals surface area (Å²) in [4.78, 5) is 26.4. The van der Waals surface area contributed by atoms with Crippen LogP contribution < -0.4 is 10.6 Å². The molecule has 2 amide bonds. The van der Waals surface area contributed by atoms with Gasteiger partial charge in [0.25, 0.3) is 0 Å². The number of halogens is 1. The van der Waals surface area contributed by atoms with E-state index in [1.165, 1.54) is 11.7 Å². The monoisotopic (exact) mass is 448 g/mol. The first-order valence-electron chi connectivity index (χ1n) is 9.65. The van der Waals surface area contributed by atoms with Crippen LogP contribution in [0.1, 0.15) is 38.4 Å². The number of hydrogen-bond donors (Lipinski definition) is 4. The fourth-order valence-electron chi connectivity index (χ4n) is 2.97. The summed E-state index contributed by atoms with van der Waals surface area (Å²) >= 11 is 6.50. The van der Waals surface area contributed by atoms with E-state index in [4.69, 9.17) is 11.6 Å². The van der Waals surface area contributed by atoms with Gasteiger partial charge < -0.3 is 25.5 Å². The lowest BCUT2D eigenvalue weighted by atomic mass is 9.92. The van der Waals surface area contributed by atoms with Gasteiger partial charge in [0.2, 0.25) is 0 Å². The van der Waals surface area contributed by atoms with Crippen LogP contribution in [0.15, 0.2) is 18.2 Å². The molecule has 2 aromatic heterocycles. The van der Waals surface area contributed by atoms with E-state index in [0.717, 1.165) is 5.69 Å². The minimum Gasteiger partial charge on any atom is -0.469 e. The Kier molecular flexibility index (Phi) is 6.51. The highest BCUT2D eigenvalue weighted by molar-refractivity contribution is 6.34. The maximum Gasteiger partial charge on any atom is 0.319 e. The number of aromatic nitrogens is 4. The third-order valence-electron chi connectivity index (χ3n) is 4.59. The molecule has 4 N–H and O–H groups in total. The number of carbonyl (C=O) groups is 2. The van der Waals surface area contributed by atoms with Crippen molar-refractivity contribution in [3.05, 3.63) is 34.5 Å². The number of methoxy groups -OCH3 is 1. The van der Waals surface area contributed by atoms with Gasteiger partial charge in [0.05, 0.1) is 25.8 Å². The molecule has 10 nitrogen and oxygen atoms in total. The molecule has 0 unspecified atom stereocenters. The Morgan fingerprint density at radius 2 is 2.03 bits per heavy atom. The van der Waals surface area contributed by atoms with Crippen LogP contribution in [-0.2, 0) is 21.6 Å². The quantitative estimate of drug-likeness (QED) is 0.428. The summed E-state index contributed by atoms with van der Waals surface area (Å²) in [5.41, 5.74) is 2.71. The second-order valence-corrected chi connectivity index (χ2v) is 8.34. The van der Waals surface area contributed by atoms with Gasteiger partial charge >= 0.3 is 12.0 Å². The van der Waals surface area contributed by atoms with Crippen molar-refractivity contribution in [3.63, 3.8) is 0 Å². The van der Waals surface area contributed by atoms with Crippen LogP contribution in [-0.4, -0.2) is 50.6 Å². The third kappa shape index (κ3) is 4.97. The molecule has 11 heteroatoms. The number of aliphatic hydroxyl groups is 1. The number of nitrogens with one attached hydrogen (secondary N) is 3. The number of esters is 1. The number of amides is 2. The van der Waals surface area contributed by atoms with Gasteiger partial charge in [-0.25, -0.2) is 4.79 Å². The predicted molar refractivity (Wildman–Crippen MR) is 116 cm³/mol. The Morgan fingerprint density at radius 3 is 2.65 bits per heavy atom. The van der Waals surface area contributed by atoms with E-state index in [-0.39, 0.29) is 25.0 Å². The van der Waals surface area contributed by atoms with Gasteiger partial charge in [0, 0.05) is 23.2 Å². The van der Waals surface area contributed by atoms with Gasteiger partial charge in [0.1, 0.15) is 5.02 Å². The molecule has 166 valence electrons. The zero-order valence-corrected chi connectivity index (χ0v) is 18.5. The first kappa shape index (κ1) is 22.6. The van der Waals surface area contributed by atoms with E-state index in [0.29, 0.717) is 33.3 Å². The highest BCUT2D eigenvalue weighted by atomic mass is 35.5. The van der Waals surface area contributed by atoms with Crippen LogP contribution in [0.4, 0.5) is 10.5 Å². The molecule has 0 aliphatic rings. The third-order valence-corrected chi connectivity index (χ3v) is 4.95. The van der Waals surface area contributed by atoms with E-state index >= 15 is 0 Å². The molecule has 3 aromatic rings. The first-order chi connectivity index (χ1) is 14.6. The number of nitrogens with zero attached hydrogens (tertiary/aromatic N) is 3. The number of ether oxygens (including phenoxy) is 1. The second kappa shape index (κ2) is 8.94. The van der Waals surface area contributed by atoms with Crippen molar-refractivity contribution < 1.29 is 19.4 Å². The number of H-pyrrole nitrogens is 1. The molecule has 0 bridgehead atoms. The largest absolute Gasteiger partial charge is 0.469 e. The summed E-state index contributed by atoms with van der Waals surface area (Å²) < 4.78 is 5.96. The Hall–Kier alpha value is -3.11.